The minimum atomic E-state index is -3.63. The molecule has 2 aromatic carbocycles. The summed E-state index contributed by atoms with van der Waals surface area (Å²) in [6, 6.07) is 16.2. The molecule has 8 heteroatoms. The number of benzene rings is 2. The number of nitrogens with zero attached hydrogens (tertiary/aromatic N) is 1. The van der Waals surface area contributed by atoms with E-state index in [9.17, 15) is 13.2 Å². The van der Waals surface area contributed by atoms with Gasteiger partial charge in [0.15, 0.2) is 0 Å². The van der Waals surface area contributed by atoms with E-state index in [1.54, 1.807) is 18.3 Å². The van der Waals surface area contributed by atoms with E-state index in [1.807, 2.05) is 18.3 Å². The first-order valence-corrected chi connectivity index (χ1v) is 13.8. The van der Waals surface area contributed by atoms with E-state index in [4.69, 9.17) is 16.3 Å². The number of aromatic nitrogens is 1. The molecule has 1 aliphatic carbocycles. The summed E-state index contributed by atoms with van der Waals surface area (Å²) in [7, 11) is -2.23. The summed E-state index contributed by atoms with van der Waals surface area (Å²) in [6.45, 7) is 0. The number of rotatable bonds is 10. The lowest BCUT2D eigenvalue weighted by Crippen LogP contribution is -2.35. The predicted molar refractivity (Wildman–Crippen MR) is 141 cm³/mol. The highest BCUT2D eigenvalue weighted by Crippen LogP contribution is 2.30. The number of esters is 1. The molecule has 1 unspecified atom stereocenters. The van der Waals surface area contributed by atoms with E-state index in [1.165, 1.54) is 19.2 Å². The molecule has 4 rings (SSSR count). The third-order valence-electron chi connectivity index (χ3n) is 6.28. The zero-order valence-electron chi connectivity index (χ0n) is 20.1. The fourth-order valence-corrected chi connectivity index (χ4v) is 5.82. The number of pyridine rings is 1. The molecule has 1 aliphatic rings. The van der Waals surface area contributed by atoms with Crippen molar-refractivity contribution in [3.63, 3.8) is 0 Å². The van der Waals surface area contributed by atoms with Crippen molar-refractivity contribution in [3.05, 3.63) is 100 Å². The van der Waals surface area contributed by atoms with Gasteiger partial charge in [0.2, 0.25) is 10.0 Å². The van der Waals surface area contributed by atoms with Crippen LogP contribution in [0.4, 0.5) is 0 Å². The number of carbonyl (C=O) groups excluding carboxylic acids is 1. The lowest BCUT2D eigenvalue weighted by molar-refractivity contribution is -0.140. The Bertz CT molecular complexity index is 1340. The quantitative estimate of drug-likeness (QED) is 0.285. The molecule has 0 bridgehead atoms. The Morgan fingerprint density at radius 1 is 1.08 bits per heavy atom. The average Bonchev–Trinajstić information content (AvgIpc) is 3.27. The van der Waals surface area contributed by atoms with Crippen LogP contribution in [-0.4, -0.2) is 32.5 Å². The Kier molecular flexibility index (Phi) is 8.56. The largest absolute Gasteiger partial charge is 0.469 e. The van der Waals surface area contributed by atoms with Crippen molar-refractivity contribution >= 4 is 33.2 Å². The van der Waals surface area contributed by atoms with Crippen LogP contribution in [0, 0.1) is 0 Å². The van der Waals surface area contributed by atoms with Crippen molar-refractivity contribution in [2.24, 2.45) is 0 Å². The molecule has 1 aromatic heterocycles. The molecular weight excluding hydrogens is 496 g/mol. The maximum atomic E-state index is 12.8. The van der Waals surface area contributed by atoms with Gasteiger partial charge in [-0.25, -0.2) is 13.1 Å². The highest BCUT2D eigenvalue weighted by atomic mass is 35.5. The fraction of sp³-hybridized carbons (Fsp3) is 0.286. The zero-order valence-corrected chi connectivity index (χ0v) is 21.7. The van der Waals surface area contributed by atoms with Gasteiger partial charge in [0.25, 0.3) is 0 Å². The smallest absolute Gasteiger partial charge is 0.305 e. The lowest BCUT2D eigenvalue weighted by atomic mass is 9.94. The van der Waals surface area contributed by atoms with Gasteiger partial charge in [-0.15, -0.1) is 0 Å². The lowest BCUT2D eigenvalue weighted by Gasteiger charge is -2.12. The molecular formula is C28H29ClN2O4S. The molecule has 0 amide bonds. The first-order chi connectivity index (χ1) is 17.4. The third kappa shape index (κ3) is 6.60. The van der Waals surface area contributed by atoms with Crippen molar-refractivity contribution < 1.29 is 17.9 Å². The normalized spacial score (nSPS) is 15.5. The molecule has 0 saturated carbocycles. The van der Waals surface area contributed by atoms with Gasteiger partial charge in [0, 0.05) is 35.4 Å². The Morgan fingerprint density at radius 2 is 1.86 bits per heavy atom. The van der Waals surface area contributed by atoms with Gasteiger partial charge in [-0.3, -0.25) is 9.78 Å². The molecule has 0 saturated heterocycles. The molecule has 36 heavy (non-hydrogen) atoms. The minimum Gasteiger partial charge on any atom is -0.469 e. The summed E-state index contributed by atoms with van der Waals surface area (Å²) in [5.74, 6) is -0.189. The van der Waals surface area contributed by atoms with Crippen molar-refractivity contribution in [1.29, 1.82) is 0 Å². The molecule has 0 fully saturated rings. The van der Waals surface area contributed by atoms with E-state index in [0.29, 0.717) is 24.3 Å². The first kappa shape index (κ1) is 26.1. The Labute approximate surface area is 217 Å². The monoisotopic (exact) mass is 524 g/mol. The van der Waals surface area contributed by atoms with Gasteiger partial charge in [-0.05, 0) is 84.7 Å². The van der Waals surface area contributed by atoms with Gasteiger partial charge in [0.1, 0.15) is 0 Å². The highest BCUT2D eigenvalue weighted by Gasteiger charge is 2.27. The number of methoxy groups -OCH3 is 1. The van der Waals surface area contributed by atoms with Gasteiger partial charge < -0.3 is 4.74 Å². The molecule has 188 valence electrons. The number of fused-ring (bicyclic) bond motifs is 1. The Hall–Kier alpha value is -3.00. The van der Waals surface area contributed by atoms with Gasteiger partial charge >= 0.3 is 5.97 Å². The molecule has 3 aromatic rings. The van der Waals surface area contributed by atoms with Crippen molar-refractivity contribution in [2.75, 3.05) is 7.11 Å². The maximum absolute atomic E-state index is 12.8. The van der Waals surface area contributed by atoms with Crippen molar-refractivity contribution in [1.82, 2.24) is 9.71 Å². The second-order valence-electron chi connectivity index (χ2n) is 8.85. The van der Waals surface area contributed by atoms with Crippen LogP contribution >= 0.6 is 11.6 Å². The number of hydrogen-bond acceptors (Lipinski definition) is 5. The Morgan fingerprint density at radius 3 is 2.58 bits per heavy atom. The molecule has 1 atom stereocenters. The first-order valence-electron chi connectivity index (χ1n) is 11.9. The van der Waals surface area contributed by atoms with Crippen LogP contribution in [0.15, 0.2) is 78.0 Å². The van der Waals surface area contributed by atoms with Crippen molar-refractivity contribution in [3.8, 4) is 0 Å². The minimum absolute atomic E-state index is 0.189. The molecule has 1 heterocycles. The summed E-state index contributed by atoms with van der Waals surface area (Å²) < 4.78 is 33.3. The van der Waals surface area contributed by atoms with E-state index in [-0.39, 0.29) is 16.9 Å². The fourth-order valence-electron chi connectivity index (χ4n) is 4.46. The maximum Gasteiger partial charge on any atom is 0.305 e. The summed E-state index contributed by atoms with van der Waals surface area (Å²) in [6.07, 6.45) is 9.92. The molecule has 6 nitrogen and oxygen atoms in total. The van der Waals surface area contributed by atoms with Gasteiger partial charge in [-0.2, -0.15) is 0 Å². The van der Waals surface area contributed by atoms with Gasteiger partial charge in [-0.1, -0.05) is 41.9 Å². The third-order valence-corrected chi connectivity index (χ3v) is 8.07. The second kappa shape index (κ2) is 11.8. The summed E-state index contributed by atoms with van der Waals surface area (Å²) in [5.41, 5.74) is 5.44. The number of sulfonamides is 1. The number of carbonyl (C=O) groups is 1. The summed E-state index contributed by atoms with van der Waals surface area (Å²) >= 11 is 5.90. The topological polar surface area (TPSA) is 85.4 Å². The van der Waals surface area contributed by atoms with Crippen LogP contribution in [0.25, 0.3) is 5.57 Å². The number of nitrogens with one attached hydrogen (secondary N) is 1. The predicted octanol–water partition coefficient (Wildman–Crippen LogP) is 5.35. The molecule has 1 N–H and O–H groups in total. The van der Waals surface area contributed by atoms with E-state index < -0.39 is 10.0 Å². The number of allylic oxidation sites excluding steroid dienone is 1. The summed E-state index contributed by atoms with van der Waals surface area (Å²) in [4.78, 5) is 15.9. The highest BCUT2D eigenvalue weighted by molar-refractivity contribution is 7.89. The molecule has 0 radical (unpaired) electrons. The molecule has 0 aliphatic heterocycles. The van der Waals surface area contributed by atoms with E-state index >= 15 is 0 Å². The van der Waals surface area contributed by atoms with Crippen LogP contribution in [0.3, 0.4) is 0 Å². The van der Waals surface area contributed by atoms with Crippen LogP contribution in [0.5, 0.6) is 0 Å². The molecule has 0 spiro atoms. The van der Waals surface area contributed by atoms with Crippen molar-refractivity contribution in [2.45, 2.75) is 49.5 Å². The summed E-state index contributed by atoms with van der Waals surface area (Å²) in [5, 5.41) is 0.496. The number of ether oxygens (including phenoxy) is 1. The standard InChI is InChI=1S/C28H29ClN2O4S/c1-35-28(32)8-4-2-3-7-27(22-6-5-15-30-19-22)21-10-9-20-17-25(18-23(20)16-21)31-36(33,34)26-13-11-24(29)12-14-26/h5-7,9-16,19,25,31H,2-4,8,17-18H2,1H3/b27-7-. The zero-order chi connectivity index (χ0) is 25.5. The van der Waals surface area contributed by atoms with E-state index in [0.717, 1.165) is 47.1 Å². The number of hydrogen-bond donors (Lipinski definition) is 1. The SMILES string of the molecule is COC(=O)CCCC/C=C(\c1cccnc1)c1ccc2c(c1)CC(NS(=O)(=O)c1ccc(Cl)cc1)C2. The van der Waals surface area contributed by atoms with E-state index in [2.05, 4.69) is 34.0 Å². The van der Waals surface area contributed by atoms with Crippen LogP contribution < -0.4 is 4.72 Å². The van der Waals surface area contributed by atoms with Crippen LogP contribution in [0.1, 0.15) is 47.9 Å². The van der Waals surface area contributed by atoms with Crippen LogP contribution in [-0.2, 0) is 32.4 Å². The average molecular weight is 525 g/mol. The van der Waals surface area contributed by atoms with Crippen LogP contribution in [0.2, 0.25) is 5.02 Å². The number of unbranched alkanes of at least 4 members (excludes halogenated alkanes) is 2. The second-order valence-corrected chi connectivity index (χ2v) is 11.0. The Balaban J connectivity index is 1.49. The number of halogens is 1. The van der Waals surface area contributed by atoms with Gasteiger partial charge in [0.05, 0.1) is 12.0 Å².